The molecular weight excluding hydrogens is 222 g/mol. The normalized spacial score (nSPS) is 10.3. The van der Waals surface area contributed by atoms with E-state index < -0.39 is 11.8 Å². The lowest BCUT2D eigenvalue weighted by atomic mass is 10.5. The summed E-state index contributed by atoms with van der Waals surface area (Å²) < 4.78 is 0. The van der Waals surface area contributed by atoms with Crippen LogP contribution in [0.1, 0.15) is 9.67 Å². The molecule has 6 heteroatoms. The number of carbonyl (C=O) groups is 1. The van der Waals surface area contributed by atoms with Crippen LogP contribution < -0.4 is 0 Å². The first-order chi connectivity index (χ1) is 6.68. The lowest BCUT2D eigenvalue weighted by Crippen LogP contribution is -1.91. The fourth-order valence-electron chi connectivity index (χ4n) is 0.957. The summed E-state index contributed by atoms with van der Waals surface area (Å²) in [5.41, 5.74) is 0. The average molecular weight is 227 g/mol. The summed E-state index contributed by atoms with van der Waals surface area (Å²) in [4.78, 5) is 15.1. The monoisotopic (exact) mass is 227 g/mol. The molecule has 0 saturated carbocycles. The highest BCUT2D eigenvalue weighted by Gasteiger charge is 2.17. The summed E-state index contributed by atoms with van der Waals surface area (Å²) in [6, 6.07) is 3.67. The van der Waals surface area contributed by atoms with Crippen molar-refractivity contribution in [2.45, 2.75) is 0 Å². The van der Waals surface area contributed by atoms with Crippen molar-refractivity contribution >= 4 is 28.6 Å². The Bertz CT molecular complexity index is 461. The number of nitrogens with zero attached hydrogens (tertiary/aromatic N) is 1. The van der Waals surface area contributed by atoms with Crippen molar-refractivity contribution in [2.24, 2.45) is 0 Å². The van der Waals surface area contributed by atoms with Gasteiger partial charge in [-0.3, -0.25) is 0 Å². The van der Waals surface area contributed by atoms with Crippen LogP contribution in [0.25, 0.3) is 9.88 Å². The lowest BCUT2D eigenvalue weighted by molar-refractivity contribution is 0.0699. The molecule has 0 aliphatic rings. The Balaban J connectivity index is 2.48. The van der Waals surface area contributed by atoms with Gasteiger partial charge >= 0.3 is 5.97 Å². The molecule has 2 heterocycles. The van der Waals surface area contributed by atoms with E-state index in [1.165, 1.54) is 11.3 Å². The van der Waals surface area contributed by atoms with Gasteiger partial charge in [-0.15, -0.1) is 22.7 Å². The zero-order valence-corrected chi connectivity index (χ0v) is 8.43. The molecule has 0 saturated heterocycles. The standard InChI is InChI=1S/C8H5NO3S2/c10-6-5(8(11)12)14-7(9-6)4-2-1-3-13-4/h1-3,10H,(H,11,12). The summed E-state index contributed by atoms with van der Waals surface area (Å²) in [6.07, 6.45) is 0. The van der Waals surface area contributed by atoms with Crippen LogP contribution in [0.4, 0.5) is 0 Å². The molecule has 4 nitrogen and oxygen atoms in total. The van der Waals surface area contributed by atoms with Gasteiger partial charge in [0.2, 0.25) is 5.88 Å². The molecule has 0 spiro atoms. The van der Waals surface area contributed by atoms with Crippen molar-refractivity contribution in [2.75, 3.05) is 0 Å². The fourth-order valence-corrected chi connectivity index (χ4v) is 2.55. The van der Waals surface area contributed by atoms with Crippen LogP contribution in [0.2, 0.25) is 0 Å². The van der Waals surface area contributed by atoms with Crippen molar-refractivity contribution < 1.29 is 15.0 Å². The highest BCUT2D eigenvalue weighted by Crippen LogP contribution is 2.33. The second-order valence-electron chi connectivity index (χ2n) is 2.45. The zero-order valence-electron chi connectivity index (χ0n) is 6.80. The van der Waals surface area contributed by atoms with Crippen molar-refractivity contribution in [3.63, 3.8) is 0 Å². The van der Waals surface area contributed by atoms with Gasteiger partial charge in [0.1, 0.15) is 5.01 Å². The average Bonchev–Trinajstić information content (AvgIpc) is 2.70. The Labute approximate surface area is 87.1 Å². The van der Waals surface area contributed by atoms with Crippen molar-refractivity contribution in [1.29, 1.82) is 0 Å². The highest BCUT2D eigenvalue weighted by molar-refractivity contribution is 7.22. The van der Waals surface area contributed by atoms with Gasteiger partial charge in [-0.05, 0) is 11.4 Å². The van der Waals surface area contributed by atoms with Gasteiger partial charge in [0.25, 0.3) is 0 Å². The summed E-state index contributed by atoms with van der Waals surface area (Å²) in [7, 11) is 0. The van der Waals surface area contributed by atoms with E-state index in [1.54, 1.807) is 0 Å². The smallest absolute Gasteiger partial charge is 0.351 e. The van der Waals surface area contributed by atoms with Gasteiger partial charge < -0.3 is 10.2 Å². The van der Waals surface area contributed by atoms with E-state index in [2.05, 4.69) is 4.98 Å². The first-order valence-corrected chi connectivity index (χ1v) is 5.35. The molecular formula is C8H5NO3S2. The van der Waals surface area contributed by atoms with Crippen LogP contribution in [0.5, 0.6) is 5.88 Å². The molecule has 72 valence electrons. The molecule has 0 aliphatic heterocycles. The minimum absolute atomic E-state index is 0.117. The van der Waals surface area contributed by atoms with Crippen molar-refractivity contribution in [3.8, 4) is 15.8 Å². The Hall–Kier alpha value is -1.40. The van der Waals surface area contributed by atoms with E-state index in [-0.39, 0.29) is 4.88 Å². The van der Waals surface area contributed by atoms with Crippen molar-refractivity contribution in [1.82, 2.24) is 4.98 Å². The van der Waals surface area contributed by atoms with E-state index in [1.807, 2.05) is 17.5 Å². The molecule has 0 fully saturated rings. The number of rotatable bonds is 2. The Morgan fingerprint density at radius 3 is 2.79 bits per heavy atom. The van der Waals surface area contributed by atoms with Crippen LogP contribution in [0.15, 0.2) is 17.5 Å². The number of carboxylic acids is 1. The molecule has 0 aliphatic carbocycles. The molecule has 0 bridgehead atoms. The van der Waals surface area contributed by atoms with Crippen molar-refractivity contribution in [3.05, 3.63) is 22.4 Å². The van der Waals surface area contributed by atoms with Crippen LogP contribution in [0, 0.1) is 0 Å². The number of thiazole rings is 1. The van der Waals surface area contributed by atoms with Crippen LogP contribution >= 0.6 is 22.7 Å². The maximum Gasteiger partial charge on any atom is 0.351 e. The lowest BCUT2D eigenvalue weighted by Gasteiger charge is -1.84. The maximum atomic E-state index is 10.6. The number of carboxylic acid groups (broad SMARTS) is 1. The molecule has 2 N–H and O–H groups in total. The quantitative estimate of drug-likeness (QED) is 0.825. The Kier molecular flexibility index (Phi) is 2.22. The Morgan fingerprint density at radius 2 is 2.29 bits per heavy atom. The summed E-state index contributed by atoms with van der Waals surface area (Å²) in [6.45, 7) is 0. The SMILES string of the molecule is O=C(O)c1sc(-c2cccs2)nc1O. The number of thiophene rings is 1. The molecule has 2 aromatic heterocycles. The molecule has 0 aromatic carbocycles. The topological polar surface area (TPSA) is 70.4 Å². The van der Waals surface area contributed by atoms with Gasteiger partial charge in [0, 0.05) is 0 Å². The number of aromatic nitrogens is 1. The summed E-state index contributed by atoms with van der Waals surface area (Å²) in [5, 5.41) is 20.3. The number of aromatic carboxylic acids is 1. The van der Waals surface area contributed by atoms with Gasteiger partial charge in [0.15, 0.2) is 4.88 Å². The van der Waals surface area contributed by atoms with Gasteiger partial charge in [-0.2, -0.15) is 0 Å². The van der Waals surface area contributed by atoms with E-state index >= 15 is 0 Å². The second kappa shape index (κ2) is 3.39. The third-order valence-corrected chi connectivity index (χ3v) is 3.61. The first kappa shape index (κ1) is 9.17. The predicted octanol–water partition coefficient (Wildman–Crippen LogP) is 2.28. The molecule has 0 unspecified atom stereocenters. The highest BCUT2D eigenvalue weighted by atomic mass is 32.1. The van der Waals surface area contributed by atoms with Gasteiger partial charge in [-0.25, -0.2) is 9.78 Å². The molecule has 0 atom stereocenters. The maximum absolute atomic E-state index is 10.6. The Morgan fingerprint density at radius 1 is 1.50 bits per heavy atom. The molecule has 0 radical (unpaired) electrons. The van der Waals surface area contributed by atoms with Crippen LogP contribution in [-0.4, -0.2) is 21.2 Å². The fraction of sp³-hybridized carbons (Fsp3) is 0. The molecule has 14 heavy (non-hydrogen) atoms. The third-order valence-electron chi connectivity index (χ3n) is 1.54. The second-order valence-corrected chi connectivity index (χ2v) is 4.40. The van der Waals surface area contributed by atoms with E-state index in [0.29, 0.717) is 5.01 Å². The molecule has 0 amide bonds. The molecule has 2 rings (SSSR count). The number of aromatic hydroxyl groups is 1. The predicted molar refractivity (Wildman–Crippen MR) is 54.1 cm³/mol. The largest absolute Gasteiger partial charge is 0.492 e. The summed E-state index contributed by atoms with van der Waals surface area (Å²) >= 11 is 2.43. The van der Waals surface area contributed by atoms with Crippen LogP contribution in [0.3, 0.4) is 0 Å². The minimum Gasteiger partial charge on any atom is -0.492 e. The van der Waals surface area contributed by atoms with Gasteiger partial charge in [-0.1, -0.05) is 6.07 Å². The van der Waals surface area contributed by atoms with E-state index in [4.69, 9.17) is 5.11 Å². The molecule has 2 aromatic rings. The number of hydrogen-bond donors (Lipinski definition) is 2. The first-order valence-electron chi connectivity index (χ1n) is 3.65. The zero-order chi connectivity index (χ0) is 10.1. The van der Waals surface area contributed by atoms with Crippen LogP contribution in [-0.2, 0) is 0 Å². The van der Waals surface area contributed by atoms with E-state index in [9.17, 15) is 9.90 Å². The van der Waals surface area contributed by atoms with E-state index in [0.717, 1.165) is 16.2 Å². The minimum atomic E-state index is -1.15. The van der Waals surface area contributed by atoms with Gasteiger partial charge in [0.05, 0.1) is 4.88 Å². The third kappa shape index (κ3) is 1.49. The number of hydrogen-bond acceptors (Lipinski definition) is 5. The summed E-state index contributed by atoms with van der Waals surface area (Å²) in [5.74, 6) is -1.56.